The Morgan fingerprint density at radius 2 is 1.91 bits per heavy atom. The zero-order chi connectivity index (χ0) is 23.4. The fourth-order valence-corrected chi connectivity index (χ4v) is 4.29. The molecule has 0 spiro atoms. The van der Waals surface area contributed by atoms with Crippen molar-refractivity contribution in [1.82, 2.24) is 10.3 Å². The molecule has 2 aromatic carbocycles. The predicted molar refractivity (Wildman–Crippen MR) is 120 cm³/mol. The zero-order valence-corrected chi connectivity index (χ0v) is 18.3. The molecule has 0 atom stereocenters. The highest BCUT2D eigenvalue weighted by molar-refractivity contribution is 7.15. The van der Waals surface area contributed by atoms with Gasteiger partial charge >= 0.3 is 0 Å². The number of rotatable bonds is 7. The summed E-state index contributed by atoms with van der Waals surface area (Å²) in [5.74, 6) is -2.10. The molecule has 1 saturated heterocycles. The monoisotopic (exact) mass is 470 g/mol. The van der Waals surface area contributed by atoms with Crippen LogP contribution in [0, 0.1) is 11.6 Å². The van der Waals surface area contributed by atoms with E-state index < -0.39 is 23.4 Å². The quantitative estimate of drug-likeness (QED) is 0.553. The van der Waals surface area contributed by atoms with Gasteiger partial charge in [0.2, 0.25) is 11.8 Å². The van der Waals surface area contributed by atoms with Gasteiger partial charge in [0, 0.05) is 47.8 Å². The molecule has 2 heterocycles. The van der Waals surface area contributed by atoms with Crippen molar-refractivity contribution in [2.45, 2.75) is 19.3 Å². The summed E-state index contributed by atoms with van der Waals surface area (Å²) < 4.78 is 26.8. The van der Waals surface area contributed by atoms with Crippen molar-refractivity contribution in [2.24, 2.45) is 0 Å². The largest absolute Gasteiger partial charge is 0.343 e. The van der Waals surface area contributed by atoms with Crippen molar-refractivity contribution < 1.29 is 23.2 Å². The van der Waals surface area contributed by atoms with E-state index >= 15 is 0 Å². The van der Waals surface area contributed by atoms with Gasteiger partial charge in [0.15, 0.2) is 5.13 Å². The van der Waals surface area contributed by atoms with Crippen LogP contribution >= 0.6 is 11.3 Å². The van der Waals surface area contributed by atoms with Gasteiger partial charge in [-0.05, 0) is 42.3 Å². The van der Waals surface area contributed by atoms with E-state index in [9.17, 15) is 23.2 Å². The van der Waals surface area contributed by atoms with E-state index in [1.54, 1.807) is 29.2 Å². The first-order chi connectivity index (χ1) is 15.9. The minimum absolute atomic E-state index is 0.0667. The SMILES string of the molecule is O=C(CNC(=O)c1ccc(N2CCCC2=O)cc1)Nc1ncc(Cc2ccc(F)cc2F)s1. The molecule has 0 bridgehead atoms. The highest BCUT2D eigenvalue weighted by Gasteiger charge is 2.21. The van der Waals surface area contributed by atoms with Gasteiger partial charge in [0.25, 0.3) is 5.91 Å². The fraction of sp³-hybridized carbons (Fsp3) is 0.217. The third-order valence-electron chi connectivity index (χ3n) is 5.10. The van der Waals surface area contributed by atoms with Crippen molar-refractivity contribution in [3.05, 3.63) is 76.3 Å². The minimum atomic E-state index is -0.645. The van der Waals surface area contributed by atoms with Crippen molar-refractivity contribution >= 4 is 39.9 Å². The Kier molecular flexibility index (Phi) is 6.74. The summed E-state index contributed by atoms with van der Waals surface area (Å²) in [5.41, 5.74) is 1.44. The number of benzene rings is 2. The first-order valence-corrected chi connectivity index (χ1v) is 11.1. The molecular formula is C23H20F2N4O3S. The smallest absolute Gasteiger partial charge is 0.251 e. The van der Waals surface area contributed by atoms with Crippen LogP contribution in [0.15, 0.2) is 48.7 Å². The molecular weight excluding hydrogens is 450 g/mol. The van der Waals surface area contributed by atoms with E-state index in [1.165, 1.54) is 29.7 Å². The van der Waals surface area contributed by atoms with Crippen molar-refractivity contribution in [2.75, 3.05) is 23.3 Å². The lowest BCUT2D eigenvalue weighted by Crippen LogP contribution is -2.32. The molecule has 1 aliphatic rings. The van der Waals surface area contributed by atoms with Gasteiger partial charge in [-0.2, -0.15) is 0 Å². The number of halogens is 2. The summed E-state index contributed by atoms with van der Waals surface area (Å²) in [4.78, 5) is 42.7. The second kappa shape index (κ2) is 9.86. The Bertz CT molecular complexity index is 1200. The first-order valence-electron chi connectivity index (χ1n) is 10.3. The van der Waals surface area contributed by atoms with E-state index in [1.807, 2.05) is 0 Å². The second-order valence-electron chi connectivity index (χ2n) is 7.47. The van der Waals surface area contributed by atoms with Crippen molar-refractivity contribution in [1.29, 1.82) is 0 Å². The molecule has 0 unspecified atom stereocenters. The molecule has 170 valence electrons. The highest BCUT2D eigenvalue weighted by Crippen LogP contribution is 2.23. The Morgan fingerprint density at radius 1 is 1.12 bits per heavy atom. The van der Waals surface area contributed by atoms with Crippen LogP contribution in [0.3, 0.4) is 0 Å². The van der Waals surface area contributed by atoms with Crippen LogP contribution in [0.25, 0.3) is 0 Å². The number of aromatic nitrogens is 1. The van der Waals surface area contributed by atoms with Crippen molar-refractivity contribution in [3.8, 4) is 0 Å². The van der Waals surface area contributed by atoms with Crippen LogP contribution in [0.1, 0.15) is 33.6 Å². The van der Waals surface area contributed by atoms with Gasteiger partial charge in [0.1, 0.15) is 11.6 Å². The third-order valence-corrected chi connectivity index (χ3v) is 6.02. The van der Waals surface area contributed by atoms with E-state index in [4.69, 9.17) is 0 Å². The maximum atomic E-state index is 13.8. The molecule has 1 aliphatic heterocycles. The number of amides is 3. The molecule has 0 aliphatic carbocycles. The lowest BCUT2D eigenvalue weighted by atomic mass is 10.1. The molecule has 0 radical (unpaired) electrons. The van der Waals surface area contributed by atoms with Gasteiger partial charge in [-0.15, -0.1) is 11.3 Å². The van der Waals surface area contributed by atoms with Gasteiger partial charge < -0.3 is 15.5 Å². The molecule has 3 amide bonds. The van der Waals surface area contributed by atoms with Gasteiger partial charge in [-0.1, -0.05) is 6.07 Å². The number of carbonyl (C=O) groups is 3. The molecule has 1 fully saturated rings. The van der Waals surface area contributed by atoms with Crippen LogP contribution in [0.2, 0.25) is 0 Å². The van der Waals surface area contributed by atoms with Crippen LogP contribution in [0.4, 0.5) is 19.6 Å². The molecule has 7 nitrogen and oxygen atoms in total. The number of nitrogens with one attached hydrogen (secondary N) is 2. The fourth-order valence-electron chi connectivity index (χ4n) is 3.44. The maximum absolute atomic E-state index is 13.8. The number of nitrogens with zero attached hydrogens (tertiary/aromatic N) is 2. The van der Waals surface area contributed by atoms with Gasteiger partial charge in [-0.25, -0.2) is 13.8 Å². The average Bonchev–Trinajstić information content (AvgIpc) is 3.42. The molecule has 33 heavy (non-hydrogen) atoms. The van der Waals surface area contributed by atoms with Crippen LogP contribution in [-0.2, 0) is 16.0 Å². The van der Waals surface area contributed by atoms with E-state index in [0.717, 1.165) is 18.2 Å². The summed E-state index contributed by atoms with van der Waals surface area (Å²) in [7, 11) is 0. The molecule has 0 saturated carbocycles. The van der Waals surface area contributed by atoms with Gasteiger partial charge in [0.05, 0.1) is 6.54 Å². The topological polar surface area (TPSA) is 91.4 Å². The number of thiazole rings is 1. The molecule has 4 rings (SSSR count). The number of hydrogen-bond donors (Lipinski definition) is 2. The third kappa shape index (κ3) is 5.58. The standard InChI is InChI=1S/C23H20F2N4O3S/c24-16-6-3-15(19(25)11-16)10-18-12-27-23(33-18)28-20(30)13-26-22(32)14-4-7-17(8-5-14)29-9-1-2-21(29)31/h3-8,11-12H,1-2,9-10,13H2,(H,26,32)(H,27,28,30). The first kappa shape index (κ1) is 22.5. The van der Waals surface area contributed by atoms with Gasteiger partial charge in [-0.3, -0.25) is 14.4 Å². The summed E-state index contributed by atoms with van der Waals surface area (Å²) in [6.07, 6.45) is 3.07. The van der Waals surface area contributed by atoms with E-state index in [0.29, 0.717) is 34.1 Å². The van der Waals surface area contributed by atoms with Crippen LogP contribution in [-0.4, -0.2) is 35.8 Å². The molecule has 3 aromatic rings. The average molecular weight is 471 g/mol. The Balaban J connectivity index is 1.27. The second-order valence-corrected chi connectivity index (χ2v) is 8.59. The highest BCUT2D eigenvalue weighted by atomic mass is 32.1. The molecule has 1 aromatic heterocycles. The Hall–Kier alpha value is -3.66. The predicted octanol–water partition coefficient (Wildman–Crippen LogP) is 3.51. The van der Waals surface area contributed by atoms with E-state index in [2.05, 4.69) is 15.6 Å². The Morgan fingerprint density at radius 3 is 2.61 bits per heavy atom. The molecule has 10 heteroatoms. The number of anilines is 2. The zero-order valence-electron chi connectivity index (χ0n) is 17.4. The summed E-state index contributed by atoms with van der Waals surface area (Å²) in [6, 6.07) is 10.0. The van der Waals surface area contributed by atoms with E-state index in [-0.39, 0.29) is 18.9 Å². The van der Waals surface area contributed by atoms with Crippen LogP contribution < -0.4 is 15.5 Å². The number of carbonyl (C=O) groups excluding carboxylic acids is 3. The normalized spacial score (nSPS) is 13.3. The maximum Gasteiger partial charge on any atom is 0.251 e. The summed E-state index contributed by atoms with van der Waals surface area (Å²) >= 11 is 1.17. The summed E-state index contributed by atoms with van der Waals surface area (Å²) in [5, 5.41) is 5.43. The Labute approximate surface area is 192 Å². The lowest BCUT2D eigenvalue weighted by Gasteiger charge is -2.15. The lowest BCUT2D eigenvalue weighted by molar-refractivity contribution is -0.117. The summed E-state index contributed by atoms with van der Waals surface area (Å²) in [6.45, 7) is 0.411. The minimum Gasteiger partial charge on any atom is -0.343 e. The number of hydrogen-bond acceptors (Lipinski definition) is 5. The van der Waals surface area contributed by atoms with Crippen molar-refractivity contribution in [3.63, 3.8) is 0 Å². The molecule has 2 N–H and O–H groups in total. The van der Waals surface area contributed by atoms with Crippen LogP contribution in [0.5, 0.6) is 0 Å².